The number of fused-ring (bicyclic) bond motifs is 1. The zero-order valence-electron chi connectivity index (χ0n) is 13.5. The summed E-state index contributed by atoms with van der Waals surface area (Å²) in [6, 6.07) is 4.07. The van der Waals surface area contributed by atoms with E-state index in [1.807, 2.05) is 30.9 Å². The molecule has 1 saturated heterocycles. The molecule has 7 nitrogen and oxygen atoms in total. The predicted octanol–water partition coefficient (Wildman–Crippen LogP) is 1.36. The van der Waals surface area contributed by atoms with Crippen LogP contribution in [0.25, 0.3) is 0 Å². The van der Waals surface area contributed by atoms with Crippen LogP contribution in [0.15, 0.2) is 46.5 Å². The van der Waals surface area contributed by atoms with Crippen LogP contribution in [0.1, 0.15) is 0 Å². The van der Waals surface area contributed by atoms with Gasteiger partial charge in [0.1, 0.15) is 0 Å². The van der Waals surface area contributed by atoms with E-state index in [2.05, 4.69) is 64.4 Å². The second kappa shape index (κ2) is 6.45. The van der Waals surface area contributed by atoms with Gasteiger partial charge in [0.05, 0.1) is 16.5 Å². The van der Waals surface area contributed by atoms with Gasteiger partial charge in [-0.3, -0.25) is 0 Å². The van der Waals surface area contributed by atoms with Crippen molar-refractivity contribution < 1.29 is 0 Å². The lowest BCUT2D eigenvalue weighted by Gasteiger charge is -2.33. The molecule has 3 aliphatic rings. The van der Waals surface area contributed by atoms with Gasteiger partial charge in [0.25, 0.3) is 0 Å². The summed E-state index contributed by atoms with van der Waals surface area (Å²) in [6.07, 6.45) is 7.77. The SMILES string of the molecule is CN1CCN(c2ccc(N=C3NC(Br)=CN4C=CNC34)nc2)CC1. The zero-order valence-corrected chi connectivity index (χ0v) is 15.1. The van der Waals surface area contributed by atoms with Gasteiger partial charge in [-0.25, -0.2) is 9.98 Å². The Balaban J connectivity index is 1.50. The lowest BCUT2D eigenvalue weighted by molar-refractivity contribution is 0.313. The number of nitrogens with one attached hydrogen (secondary N) is 2. The monoisotopic (exact) mass is 389 g/mol. The van der Waals surface area contributed by atoms with E-state index in [4.69, 9.17) is 0 Å². The Bertz CT molecular complexity index is 689. The van der Waals surface area contributed by atoms with Crippen molar-refractivity contribution in [2.45, 2.75) is 6.17 Å². The van der Waals surface area contributed by atoms with Crippen LogP contribution in [-0.2, 0) is 0 Å². The standard InChI is InChI=1S/C16H20BrN7/c1-22-6-8-23(9-7-22)12-2-3-14(19-10-12)21-15-16-18-4-5-24(16)11-13(17)20-15/h2-5,10-11,16,18H,6-9H2,1H3,(H,19,20,21). The molecule has 0 aromatic carbocycles. The van der Waals surface area contributed by atoms with Gasteiger partial charge in [0.2, 0.25) is 0 Å². The van der Waals surface area contributed by atoms with Crippen molar-refractivity contribution in [3.63, 3.8) is 0 Å². The molecule has 1 fully saturated rings. The summed E-state index contributed by atoms with van der Waals surface area (Å²) >= 11 is 3.48. The van der Waals surface area contributed by atoms with Crippen LogP contribution in [0.2, 0.25) is 0 Å². The molecule has 2 N–H and O–H groups in total. The number of rotatable bonds is 2. The fraction of sp³-hybridized carbons (Fsp3) is 0.375. The molecule has 0 aliphatic carbocycles. The smallest absolute Gasteiger partial charge is 0.162 e. The highest BCUT2D eigenvalue weighted by atomic mass is 79.9. The van der Waals surface area contributed by atoms with Crippen molar-refractivity contribution in [3.8, 4) is 0 Å². The fourth-order valence-electron chi connectivity index (χ4n) is 2.99. The minimum atomic E-state index is -0.00888. The first-order chi connectivity index (χ1) is 11.7. The Hall–Kier alpha value is -2.06. The molecule has 1 aromatic rings. The van der Waals surface area contributed by atoms with Crippen LogP contribution in [0.5, 0.6) is 0 Å². The molecule has 1 atom stereocenters. The number of aliphatic imine (C=N–C) groups is 1. The second-order valence-corrected chi connectivity index (χ2v) is 6.95. The molecule has 8 heteroatoms. The van der Waals surface area contributed by atoms with Crippen LogP contribution in [-0.4, -0.2) is 60.0 Å². The average Bonchev–Trinajstić information content (AvgIpc) is 3.05. The van der Waals surface area contributed by atoms with Crippen molar-refractivity contribution >= 4 is 33.3 Å². The number of aromatic nitrogens is 1. The molecule has 126 valence electrons. The van der Waals surface area contributed by atoms with Gasteiger partial charge < -0.3 is 25.3 Å². The third-order valence-electron chi connectivity index (χ3n) is 4.40. The topological polar surface area (TPSA) is 59.0 Å². The van der Waals surface area contributed by atoms with Crippen LogP contribution in [0, 0.1) is 0 Å². The molecule has 24 heavy (non-hydrogen) atoms. The lowest BCUT2D eigenvalue weighted by Crippen LogP contribution is -2.49. The Morgan fingerprint density at radius 2 is 2.08 bits per heavy atom. The molecular formula is C16H20BrN7. The molecule has 4 heterocycles. The zero-order chi connectivity index (χ0) is 16.5. The molecule has 0 amide bonds. The van der Waals surface area contributed by atoms with E-state index in [0.717, 1.165) is 42.3 Å². The molecule has 1 aromatic heterocycles. The van der Waals surface area contributed by atoms with Gasteiger partial charge in [-0.2, -0.15) is 0 Å². The number of amidine groups is 1. The third-order valence-corrected chi connectivity index (χ3v) is 4.81. The van der Waals surface area contributed by atoms with Gasteiger partial charge in [0.15, 0.2) is 17.8 Å². The minimum absolute atomic E-state index is 0.00888. The summed E-state index contributed by atoms with van der Waals surface area (Å²) in [4.78, 5) is 16.0. The van der Waals surface area contributed by atoms with Crippen molar-refractivity contribution in [1.82, 2.24) is 25.4 Å². The Kier molecular flexibility index (Phi) is 4.15. The van der Waals surface area contributed by atoms with Crippen molar-refractivity contribution in [3.05, 3.63) is 41.5 Å². The Morgan fingerprint density at radius 1 is 1.25 bits per heavy atom. The van der Waals surface area contributed by atoms with Crippen molar-refractivity contribution in [1.29, 1.82) is 0 Å². The van der Waals surface area contributed by atoms with Crippen LogP contribution in [0.3, 0.4) is 0 Å². The number of nitrogens with zero attached hydrogens (tertiary/aromatic N) is 5. The van der Waals surface area contributed by atoms with E-state index in [9.17, 15) is 0 Å². The molecule has 4 rings (SSSR count). The molecule has 0 saturated carbocycles. The first-order valence-corrected chi connectivity index (χ1v) is 8.81. The van der Waals surface area contributed by atoms with E-state index < -0.39 is 0 Å². The number of hydrogen-bond donors (Lipinski definition) is 2. The van der Waals surface area contributed by atoms with Gasteiger partial charge in [-0.15, -0.1) is 0 Å². The quantitative estimate of drug-likeness (QED) is 0.744. The van der Waals surface area contributed by atoms with Gasteiger partial charge in [-0.05, 0) is 35.1 Å². The number of pyridine rings is 1. The first kappa shape index (κ1) is 15.5. The lowest BCUT2D eigenvalue weighted by atomic mass is 10.3. The van der Waals surface area contributed by atoms with Gasteiger partial charge in [-0.1, -0.05) is 0 Å². The van der Waals surface area contributed by atoms with Gasteiger partial charge >= 0.3 is 0 Å². The molecule has 3 aliphatic heterocycles. The highest BCUT2D eigenvalue weighted by Crippen LogP contribution is 2.21. The Labute approximate surface area is 149 Å². The minimum Gasteiger partial charge on any atom is -0.368 e. The van der Waals surface area contributed by atoms with Crippen molar-refractivity contribution in [2.75, 3.05) is 38.1 Å². The van der Waals surface area contributed by atoms with E-state index in [-0.39, 0.29) is 6.17 Å². The highest BCUT2D eigenvalue weighted by Gasteiger charge is 2.27. The summed E-state index contributed by atoms with van der Waals surface area (Å²) in [7, 11) is 2.16. The highest BCUT2D eigenvalue weighted by molar-refractivity contribution is 9.11. The number of halogens is 1. The van der Waals surface area contributed by atoms with E-state index in [0.29, 0.717) is 5.82 Å². The van der Waals surface area contributed by atoms with Gasteiger partial charge in [0, 0.05) is 44.8 Å². The third kappa shape index (κ3) is 3.11. The maximum absolute atomic E-state index is 4.66. The largest absolute Gasteiger partial charge is 0.368 e. The summed E-state index contributed by atoms with van der Waals surface area (Å²) in [5, 5.41) is 6.51. The molecule has 0 spiro atoms. The fourth-order valence-corrected chi connectivity index (χ4v) is 3.43. The summed E-state index contributed by atoms with van der Waals surface area (Å²) in [6.45, 7) is 4.25. The maximum atomic E-state index is 4.66. The summed E-state index contributed by atoms with van der Waals surface area (Å²) in [5.74, 6) is 1.51. The predicted molar refractivity (Wildman–Crippen MR) is 99.1 cm³/mol. The second-order valence-electron chi connectivity index (χ2n) is 6.10. The van der Waals surface area contributed by atoms with Crippen LogP contribution >= 0.6 is 15.9 Å². The number of hydrogen-bond acceptors (Lipinski definition) is 6. The van der Waals surface area contributed by atoms with E-state index in [1.54, 1.807) is 0 Å². The average molecular weight is 390 g/mol. The normalized spacial score (nSPS) is 25.3. The van der Waals surface area contributed by atoms with E-state index >= 15 is 0 Å². The molecular weight excluding hydrogens is 370 g/mol. The molecule has 1 unspecified atom stereocenters. The molecule has 0 radical (unpaired) electrons. The number of piperazine rings is 1. The summed E-state index contributed by atoms with van der Waals surface area (Å²) < 4.78 is 0.875. The number of anilines is 1. The molecule has 0 bridgehead atoms. The van der Waals surface area contributed by atoms with E-state index in [1.165, 1.54) is 0 Å². The number of likely N-dealkylation sites (N-methyl/N-ethyl adjacent to an activating group) is 1. The summed E-state index contributed by atoms with van der Waals surface area (Å²) in [5.41, 5.74) is 1.16. The van der Waals surface area contributed by atoms with Crippen LogP contribution in [0.4, 0.5) is 11.5 Å². The first-order valence-electron chi connectivity index (χ1n) is 8.02. The Morgan fingerprint density at radius 3 is 2.83 bits per heavy atom. The van der Waals surface area contributed by atoms with Crippen LogP contribution < -0.4 is 15.5 Å². The van der Waals surface area contributed by atoms with Crippen molar-refractivity contribution in [2.24, 2.45) is 4.99 Å². The maximum Gasteiger partial charge on any atom is 0.162 e.